The summed E-state index contributed by atoms with van der Waals surface area (Å²) in [6.45, 7) is -2.99. The van der Waals surface area contributed by atoms with Crippen LogP contribution >= 0.6 is 0 Å². The first kappa shape index (κ1) is 37.0. The van der Waals surface area contributed by atoms with Gasteiger partial charge in [-0.2, -0.15) is 0 Å². The lowest BCUT2D eigenvalue weighted by atomic mass is 9.96. The Morgan fingerprint density at radius 2 is 0.778 bits per heavy atom. The van der Waals surface area contributed by atoms with Crippen molar-refractivity contribution in [1.82, 2.24) is 0 Å². The van der Waals surface area contributed by atoms with E-state index in [0.29, 0.717) is 0 Å². The van der Waals surface area contributed by atoms with Crippen LogP contribution in [0.5, 0.6) is 0 Å². The zero-order chi connectivity index (χ0) is 33.3. The Hall–Kier alpha value is -0.840. The topological polar surface area (TPSA) is 348 Å². The molecule has 1 unspecified atom stereocenters. The van der Waals surface area contributed by atoms with E-state index in [2.05, 4.69) is 0 Å². The van der Waals surface area contributed by atoms with Gasteiger partial charge in [-0.25, -0.2) is 0 Å². The Labute approximate surface area is 254 Å². The zero-order valence-electron chi connectivity index (χ0n) is 23.5. The molecule has 0 aliphatic carbocycles. The van der Waals surface area contributed by atoms with E-state index in [-0.39, 0.29) is 0 Å². The van der Waals surface area contributed by atoms with Gasteiger partial charge in [-0.05, 0) is 0 Å². The van der Waals surface area contributed by atoms with Crippen molar-refractivity contribution in [3.8, 4) is 0 Å². The van der Waals surface area contributed by atoms with E-state index in [1.807, 2.05) is 0 Å². The number of aliphatic hydroxyl groups excluding tert-OH is 14. The third-order valence-electron chi connectivity index (χ3n) is 8.17. The minimum atomic E-state index is -1.96. The first-order valence-electron chi connectivity index (χ1n) is 14.1. The third-order valence-corrected chi connectivity index (χ3v) is 8.17. The second-order valence-electron chi connectivity index (χ2n) is 11.2. The van der Waals surface area contributed by atoms with Gasteiger partial charge in [0.1, 0.15) is 97.7 Å². The average Bonchev–Trinajstić information content (AvgIpc) is 3.02. The van der Waals surface area contributed by atoms with E-state index < -0.39 is 149 Å². The van der Waals surface area contributed by atoms with Crippen molar-refractivity contribution in [1.29, 1.82) is 0 Å². The van der Waals surface area contributed by atoms with Crippen molar-refractivity contribution in [3.05, 3.63) is 0 Å². The Morgan fingerprint density at radius 1 is 0.378 bits per heavy atom. The van der Waals surface area contributed by atoms with Crippen molar-refractivity contribution in [2.75, 3.05) is 26.4 Å². The first-order chi connectivity index (χ1) is 21.2. The minimum Gasteiger partial charge on any atom is -0.394 e. The zero-order valence-corrected chi connectivity index (χ0v) is 23.5. The fourth-order valence-corrected chi connectivity index (χ4v) is 5.33. The largest absolute Gasteiger partial charge is 0.394 e. The van der Waals surface area contributed by atoms with Gasteiger partial charge in [0.05, 0.1) is 26.4 Å². The van der Waals surface area contributed by atoms with Gasteiger partial charge < -0.3 is 105 Å². The lowest BCUT2D eigenvalue weighted by Crippen LogP contribution is -2.65. The average molecular weight is 667 g/mol. The SMILES string of the molecule is OC[C@H]1O[C@H](OC[C@H]2O[C@@H](OC[C@H]3OC(O)[C@@H](O)[C@@H](O)[C@@H]3O)[C@@H](O)[C@@H](O[C@H]3O[C@H](CO)[C@@H](O)[C@H](O)[C@@H]3O)[C@@H]2O)[C@@H](O)[C@@H](O)[C@@H]1O. The molecule has 21 nitrogen and oxygen atoms in total. The van der Waals surface area contributed by atoms with Crippen molar-refractivity contribution in [3.63, 3.8) is 0 Å². The van der Waals surface area contributed by atoms with E-state index in [1.54, 1.807) is 0 Å². The number of aliphatic hydroxyl groups is 14. The Kier molecular flexibility index (Phi) is 12.8. The smallest absolute Gasteiger partial charge is 0.187 e. The van der Waals surface area contributed by atoms with Gasteiger partial charge in [-0.3, -0.25) is 0 Å². The van der Waals surface area contributed by atoms with Crippen molar-refractivity contribution >= 4 is 0 Å². The van der Waals surface area contributed by atoms with E-state index in [4.69, 9.17) is 33.2 Å². The van der Waals surface area contributed by atoms with Gasteiger partial charge >= 0.3 is 0 Å². The molecule has 20 atom stereocenters. The highest BCUT2D eigenvalue weighted by molar-refractivity contribution is 4.96. The van der Waals surface area contributed by atoms with Gasteiger partial charge in [0.2, 0.25) is 0 Å². The van der Waals surface area contributed by atoms with Crippen LogP contribution in [0.1, 0.15) is 0 Å². The molecule has 4 aliphatic heterocycles. The van der Waals surface area contributed by atoms with E-state index in [1.165, 1.54) is 0 Å². The maximum atomic E-state index is 11.1. The van der Waals surface area contributed by atoms with Crippen LogP contribution in [-0.2, 0) is 33.2 Å². The maximum absolute atomic E-state index is 11.1. The molecule has 0 aromatic rings. The van der Waals surface area contributed by atoms with Crippen LogP contribution < -0.4 is 0 Å². The number of hydrogen-bond acceptors (Lipinski definition) is 21. The summed E-state index contributed by atoms with van der Waals surface area (Å²) in [6.07, 6.45) is -35.1. The predicted octanol–water partition coefficient (Wildman–Crippen LogP) is -9.75. The molecule has 4 heterocycles. The fraction of sp³-hybridized carbons (Fsp3) is 1.00. The maximum Gasteiger partial charge on any atom is 0.187 e. The Balaban J connectivity index is 1.50. The Bertz CT molecular complexity index is 914. The summed E-state index contributed by atoms with van der Waals surface area (Å²) >= 11 is 0. The van der Waals surface area contributed by atoms with Gasteiger partial charge in [0, 0.05) is 0 Å². The highest BCUT2D eigenvalue weighted by atomic mass is 16.8. The van der Waals surface area contributed by atoms with Crippen LogP contribution in [0.2, 0.25) is 0 Å². The standard InChI is InChI=1S/C24H42O21/c25-1-5-9(27)14(32)17(35)22(42-5)39-4-8-12(30)20(45-24-18(36)15(33)10(28)6(2-26)43-24)19(37)23(44-8)40-3-7-11(29)13(31)16(34)21(38)41-7/h5-38H,1-4H2/t5-,6-,7-,8-,9-,10-,11-,12-,13+,14+,15+,16+,17+,18+,19+,20+,21?,22+,23-,24-/m1/s1. The monoisotopic (exact) mass is 666 g/mol. The molecule has 4 saturated heterocycles. The quantitative estimate of drug-likeness (QED) is 0.103. The normalized spacial score (nSPS) is 52.9. The van der Waals surface area contributed by atoms with Gasteiger partial charge in [0.25, 0.3) is 0 Å². The van der Waals surface area contributed by atoms with Crippen LogP contribution in [0.25, 0.3) is 0 Å². The second kappa shape index (κ2) is 15.6. The molecule has 0 radical (unpaired) electrons. The predicted molar refractivity (Wildman–Crippen MR) is 134 cm³/mol. The van der Waals surface area contributed by atoms with Crippen molar-refractivity contribution in [2.24, 2.45) is 0 Å². The van der Waals surface area contributed by atoms with Crippen LogP contribution in [0.3, 0.4) is 0 Å². The summed E-state index contributed by atoms with van der Waals surface area (Å²) < 4.78 is 37.7. The lowest BCUT2D eigenvalue weighted by molar-refractivity contribution is -0.370. The summed E-state index contributed by atoms with van der Waals surface area (Å²) in [4.78, 5) is 0. The number of hydrogen-bond donors (Lipinski definition) is 14. The van der Waals surface area contributed by atoms with Crippen molar-refractivity contribution < 1.29 is 105 Å². The highest BCUT2D eigenvalue weighted by Crippen LogP contribution is 2.31. The van der Waals surface area contributed by atoms with E-state index >= 15 is 0 Å². The van der Waals surface area contributed by atoms with E-state index in [9.17, 15) is 71.5 Å². The van der Waals surface area contributed by atoms with Gasteiger partial charge in [0.15, 0.2) is 25.2 Å². The molecule has 0 aromatic carbocycles. The summed E-state index contributed by atoms with van der Waals surface area (Å²) in [6, 6.07) is 0. The van der Waals surface area contributed by atoms with E-state index in [0.717, 1.165) is 0 Å². The van der Waals surface area contributed by atoms with Crippen molar-refractivity contribution in [2.45, 2.75) is 123 Å². The second-order valence-corrected chi connectivity index (χ2v) is 11.2. The molecule has 4 rings (SSSR count). The molecule has 21 heteroatoms. The molecule has 0 spiro atoms. The third kappa shape index (κ3) is 7.75. The van der Waals surface area contributed by atoms with Crippen LogP contribution in [0, 0.1) is 0 Å². The van der Waals surface area contributed by atoms with Gasteiger partial charge in [-0.1, -0.05) is 0 Å². The number of rotatable bonds is 10. The first-order valence-corrected chi connectivity index (χ1v) is 14.1. The molecule has 14 N–H and O–H groups in total. The molecule has 0 aromatic heterocycles. The molecule has 0 amide bonds. The fourth-order valence-electron chi connectivity index (χ4n) is 5.33. The summed E-state index contributed by atoms with van der Waals surface area (Å²) in [5.74, 6) is 0. The molecule has 4 fully saturated rings. The highest BCUT2D eigenvalue weighted by Gasteiger charge is 2.52. The minimum absolute atomic E-state index is 0.702. The molecular weight excluding hydrogens is 624 g/mol. The van der Waals surface area contributed by atoms with Gasteiger partial charge in [-0.15, -0.1) is 0 Å². The van der Waals surface area contributed by atoms with Crippen LogP contribution in [0.15, 0.2) is 0 Å². The molecule has 45 heavy (non-hydrogen) atoms. The molecule has 4 aliphatic rings. The lowest BCUT2D eigenvalue weighted by Gasteiger charge is -2.47. The summed E-state index contributed by atoms with van der Waals surface area (Å²) in [5, 5.41) is 142. The van der Waals surface area contributed by atoms with Crippen LogP contribution in [0.4, 0.5) is 0 Å². The Morgan fingerprint density at radius 3 is 1.31 bits per heavy atom. The van der Waals surface area contributed by atoms with Crippen LogP contribution in [-0.4, -0.2) is 221 Å². The summed E-state index contributed by atoms with van der Waals surface area (Å²) in [5.41, 5.74) is 0. The number of ether oxygens (including phenoxy) is 7. The molecule has 264 valence electrons. The molecule has 0 bridgehead atoms. The molecular formula is C24H42O21. The summed E-state index contributed by atoms with van der Waals surface area (Å²) in [7, 11) is 0. The molecule has 0 saturated carbocycles.